The Morgan fingerprint density at radius 1 is 1.00 bits per heavy atom. The van der Waals surface area contributed by atoms with Crippen molar-refractivity contribution in [2.24, 2.45) is 0 Å². The van der Waals surface area contributed by atoms with Crippen LogP contribution in [-0.2, 0) is 33.9 Å². The van der Waals surface area contributed by atoms with E-state index < -0.39 is 24.1 Å². The molecule has 86 valence electrons. The minimum absolute atomic E-state index is 0.175. The number of rotatable bonds is 4. The number of carbonyl (C=O) groups is 2. The average molecular weight is 220 g/mol. The molecule has 15 heavy (non-hydrogen) atoms. The van der Waals surface area contributed by atoms with Crippen LogP contribution in [0.15, 0.2) is 0 Å². The van der Waals surface area contributed by atoms with E-state index in [4.69, 9.17) is 0 Å². The van der Waals surface area contributed by atoms with Crippen LogP contribution in [0.2, 0.25) is 0 Å². The molecule has 1 saturated heterocycles. The highest BCUT2D eigenvalue weighted by Gasteiger charge is 2.45. The fourth-order valence-electron chi connectivity index (χ4n) is 0.983. The van der Waals surface area contributed by atoms with E-state index in [1.807, 2.05) is 0 Å². The first-order valence-electron chi connectivity index (χ1n) is 4.52. The van der Waals surface area contributed by atoms with Gasteiger partial charge in [-0.05, 0) is 13.8 Å². The fourth-order valence-corrected chi connectivity index (χ4v) is 0.983. The fraction of sp³-hybridized carbons (Fsp3) is 0.750. The van der Waals surface area contributed by atoms with E-state index in [1.165, 1.54) is 0 Å². The molecule has 0 radical (unpaired) electrons. The van der Waals surface area contributed by atoms with Crippen molar-refractivity contribution in [1.82, 2.24) is 0 Å². The zero-order chi connectivity index (χ0) is 11.3. The SMILES string of the molecule is CCOC(=O)C1OOOC1C(=O)OCC. The lowest BCUT2D eigenvalue weighted by Crippen LogP contribution is -2.39. The number of esters is 2. The smallest absolute Gasteiger partial charge is 0.342 e. The van der Waals surface area contributed by atoms with Gasteiger partial charge in [-0.2, -0.15) is 9.78 Å². The molecule has 7 heteroatoms. The Hall–Kier alpha value is -1.18. The van der Waals surface area contributed by atoms with Crippen molar-refractivity contribution in [3.05, 3.63) is 0 Å². The predicted molar refractivity (Wildman–Crippen MR) is 44.1 cm³/mol. The number of ether oxygens (including phenoxy) is 2. The van der Waals surface area contributed by atoms with Gasteiger partial charge in [0.1, 0.15) is 0 Å². The molecular weight excluding hydrogens is 208 g/mol. The van der Waals surface area contributed by atoms with Gasteiger partial charge in [0.05, 0.1) is 13.2 Å². The van der Waals surface area contributed by atoms with Crippen molar-refractivity contribution in [2.45, 2.75) is 26.1 Å². The Kier molecular flexibility index (Phi) is 4.47. The molecule has 0 aromatic heterocycles. The molecule has 1 aliphatic heterocycles. The monoisotopic (exact) mass is 220 g/mol. The van der Waals surface area contributed by atoms with Crippen LogP contribution in [0.25, 0.3) is 0 Å². The molecule has 2 atom stereocenters. The quantitative estimate of drug-likeness (QED) is 0.477. The normalized spacial score (nSPS) is 24.9. The minimum Gasteiger partial charge on any atom is -0.464 e. The largest absolute Gasteiger partial charge is 0.464 e. The molecule has 1 fully saturated rings. The molecule has 2 unspecified atom stereocenters. The summed E-state index contributed by atoms with van der Waals surface area (Å²) in [5, 5.41) is 4.10. The maximum absolute atomic E-state index is 11.2. The van der Waals surface area contributed by atoms with Crippen LogP contribution in [0.5, 0.6) is 0 Å². The summed E-state index contributed by atoms with van der Waals surface area (Å²) in [5.41, 5.74) is 0. The Bertz CT molecular complexity index is 215. The molecule has 0 aliphatic carbocycles. The number of hydrogen-bond donors (Lipinski definition) is 0. The highest BCUT2D eigenvalue weighted by atomic mass is 17.5. The lowest BCUT2D eigenvalue weighted by molar-refractivity contribution is -0.462. The number of carbonyl (C=O) groups excluding carboxylic acids is 2. The third kappa shape index (κ3) is 2.88. The molecular formula is C8H12O7. The van der Waals surface area contributed by atoms with Crippen molar-refractivity contribution < 1.29 is 33.9 Å². The van der Waals surface area contributed by atoms with Gasteiger partial charge in [-0.1, -0.05) is 5.04 Å². The summed E-state index contributed by atoms with van der Waals surface area (Å²) < 4.78 is 9.31. The lowest BCUT2D eigenvalue weighted by atomic mass is 10.2. The zero-order valence-electron chi connectivity index (χ0n) is 8.43. The first-order chi connectivity index (χ1) is 7.20. The molecule has 0 spiro atoms. The molecule has 0 saturated carbocycles. The van der Waals surface area contributed by atoms with Gasteiger partial charge in [-0.15, -0.1) is 0 Å². The molecule has 1 aliphatic rings. The first-order valence-corrected chi connectivity index (χ1v) is 4.52. The highest BCUT2D eigenvalue weighted by Crippen LogP contribution is 2.17. The number of hydrogen-bond acceptors (Lipinski definition) is 7. The maximum atomic E-state index is 11.2. The molecule has 0 bridgehead atoms. The summed E-state index contributed by atoms with van der Waals surface area (Å²) in [6.45, 7) is 3.62. The first kappa shape index (κ1) is 11.9. The van der Waals surface area contributed by atoms with Crippen molar-refractivity contribution in [3.63, 3.8) is 0 Å². The van der Waals surface area contributed by atoms with Crippen LogP contribution in [-0.4, -0.2) is 37.4 Å². The Balaban J connectivity index is 2.56. The predicted octanol–water partition coefficient (Wildman–Crippen LogP) is -0.257. The van der Waals surface area contributed by atoms with Crippen molar-refractivity contribution in [2.75, 3.05) is 13.2 Å². The Morgan fingerprint density at radius 3 is 1.73 bits per heavy atom. The summed E-state index contributed by atoms with van der Waals surface area (Å²) in [7, 11) is 0. The minimum atomic E-state index is -1.23. The van der Waals surface area contributed by atoms with E-state index in [9.17, 15) is 9.59 Å². The van der Waals surface area contributed by atoms with Crippen LogP contribution >= 0.6 is 0 Å². The second kappa shape index (κ2) is 5.64. The second-order valence-corrected chi connectivity index (χ2v) is 2.61. The summed E-state index contributed by atoms with van der Waals surface area (Å²) in [6, 6.07) is 0. The van der Waals surface area contributed by atoms with Crippen LogP contribution in [0.3, 0.4) is 0 Å². The standard InChI is InChI=1S/C8H12O7/c1-3-11-7(9)5-6(14-15-13-5)8(10)12-4-2/h5-6H,3-4H2,1-2H3. The summed E-state index contributed by atoms with van der Waals surface area (Å²) >= 11 is 0. The van der Waals surface area contributed by atoms with E-state index in [1.54, 1.807) is 13.8 Å². The van der Waals surface area contributed by atoms with Gasteiger partial charge in [0, 0.05) is 0 Å². The van der Waals surface area contributed by atoms with Crippen LogP contribution in [0.4, 0.5) is 0 Å². The van der Waals surface area contributed by atoms with Gasteiger partial charge in [-0.3, -0.25) is 0 Å². The maximum Gasteiger partial charge on any atom is 0.342 e. The molecule has 1 heterocycles. The Morgan fingerprint density at radius 2 is 1.40 bits per heavy atom. The zero-order valence-corrected chi connectivity index (χ0v) is 8.43. The van der Waals surface area contributed by atoms with E-state index in [-0.39, 0.29) is 13.2 Å². The van der Waals surface area contributed by atoms with E-state index in [0.717, 1.165) is 0 Å². The topological polar surface area (TPSA) is 80.3 Å². The lowest BCUT2D eigenvalue weighted by Gasteiger charge is -2.10. The molecule has 1 rings (SSSR count). The molecule has 0 aromatic rings. The average Bonchev–Trinajstić information content (AvgIpc) is 2.66. The second-order valence-electron chi connectivity index (χ2n) is 2.61. The van der Waals surface area contributed by atoms with Gasteiger partial charge in [-0.25, -0.2) is 9.59 Å². The molecule has 7 nitrogen and oxygen atoms in total. The van der Waals surface area contributed by atoms with Gasteiger partial charge < -0.3 is 9.47 Å². The third-order valence-corrected chi connectivity index (χ3v) is 1.60. The van der Waals surface area contributed by atoms with Crippen molar-refractivity contribution in [1.29, 1.82) is 0 Å². The van der Waals surface area contributed by atoms with Crippen LogP contribution in [0, 0.1) is 0 Å². The van der Waals surface area contributed by atoms with Gasteiger partial charge in [0.2, 0.25) is 12.2 Å². The van der Waals surface area contributed by atoms with Gasteiger partial charge in [0.25, 0.3) is 0 Å². The van der Waals surface area contributed by atoms with Crippen molar-refractivity contribution >= 4 is 11.9 Å². The van der Waals surface area contributed by atoms with Crippen LogP contribution < -0.4 is 0 Å². The van der Waals surface area contributed by atoms with Gasteiger partial charge in [0.15, 0.2) is 0 Å². The highest BCUT2D eigenvalue weighted by molar-refractivity contribution is 5.85. The van der Waals surface area contributed by atoms with Gasteiger partial charge >= 0.3 is 11.9 Å². The van der Waals surface area contributed by atoms with Crippen molar-refractivity contribution in [3.8, 4) is 0 Å². The Labute approximate surface area is 86.0 Å². The molecule has 0 aromatic carbocycles. The summed E-state index contributed by atoms with van der Waals surface area (Å²) in [6.07, 6.45) is -2.46. The van der Waals surface area contributed by atoms with E-state index in [2.05, 4.69) is 24.3 Å². The molecule has 0 N–H and O–H groups in total. The third-order valence-electron chi connectivity index (χ3n) is 1.60. The van der Waals surface area contributed by atoms with Crippen LogP contribution in [0.1, 0.15) is 13.8 Å². The van der Waals surface area contributed by atoms with E-state index >= 15 is 0 Å². The molecule has 0 amide bonds. The summed E-state index contributed by atoms with van der Waals surface area (Å²) in [5.74, 6) is -1.46. The van der Waals surface area contributed by atoms with E-state index in [0.29, 0.717) is 0 Å². The summed E-state index contributed by atoms with van der Waals surface area (Å²) in [4.78, 5) is 31.4.